The van der Waals surface area contributed by atoms with E-state index in [0.29, 0.717) is 48.8 Å². The van der Waals surface area contributed by atoms with Gasteiger partial charge in [-0.3, -0.25) is 9.59 Å². The maximum atomic E-state index is 14.0. The highest BCUT2D eigenvalue weighted by molar-refractivity contribution is 6.01. The van der Waals surface area contributed by atoms with E-state index in [4.69, 9.17) is 0 Å². The molecule has 0 bridgehead atoms. The molecule has 2 atom stereocenters. The molecule has 0 spiro atoms. The predicted octanol–water partition coefficient (Wildman–Crippen LogP) is 8.72. The van der Waals surface area contributed by atoms with Crippen molar-refractivity contribution < 1.29 is 35.9 Å². The lowest BCUT2D eigenvalue weighted by Gasteiger charge is -2.44. The van der Waals surface area contributed by atoms with E-state index < -0.39 is 41.2 Å². The first-order chi connectivity index (χ1) is 24.2. The molecule has 3 aromatic rings. The molecule has 51 heavy (non-hydrogen) atoms. The van der Waals surface area contributed by atoms with Crippen LogP contribution in [0.4, 0.5) is 26.3 Å². The number of carbonyl (C=O) groups is 2. The molecule has 3 aliphatic rings. The second-order valence-corrected chi connectivity index (χ2v) is 14.0. The number of hydrogen-bond acceptors (Lipinski definition) is 3. The van der Waals surface area contributed by atoms with Gasteiger partial charge in [-0.2, -0.15) is 26.3 Å². The first kappa shape index (κ1) is 36.4. The average molecular weight is 710 g/mol. The minimum absolute atomic E-state index is 0.0745. The average Bonchev–Trinajstić information content (AvgIpc) is 3.34. The van der Waals surface area contributed by atoms with Gasteiger partial charge < -0.3 is 15.5 Å². The highest BCUT2D eigenvalue weighted by Crippen LogP contribution is 2.63. The molecule has 270 valence electrons. The van der Waals surface area contributed by atoms with Crippen molar-refractivity contribution in [1.82, 2.24) is 15.5 Å². The van der Waals surface area contributed by atoms with E-state index in [1.54, 1.807) is 24.3 Å². The topological polar surface area (TPSA) is 61.4 Å². The second-order valence-electron chi connectivity index (χ2n) is 14.0. The van der Waals surface area contributed by atoms with E-state index in [-0.39, 0.29) is 11.9 Å². The van der Waals surface area contributed by atoms with Crippen LogP contribution >= 0.6 is 0 Å². The summed E-state index contributed by atoms with van der Waals surface area (Å²) in [4.78, 5) is 29.6. The summed E-state index contributed by atoms with van der Waals surface area (Å²) >= 11 is 0. The van der Waals surface area contributed by atoms with Crippen molar-refractivity contribution in [2.75, 3.05) is 26.2 Å². The monoisotopic (exact) mass is 709 g/mol. The van der Waals surface area contributed by atoms with Gasteiger partial charge in [0.15, 0.2) is 0 Å². The minimum Gasteiger partial charge on any atom is -0.349 e. The first-order valence-corrected chi connectivity index (χ1v) is 17.3. The summed E-state index contributed by atoms with van der Waals surface area (Å²) in [5, 5.41) is 5.35. The van der Waals surface area contributed by atoms with Gasteiger partial charge in [-0.25, -0.2) is 0 Å². The van der Waals surface area contributed by atoms with E-state index in [2.05, 4.69) is 15.5 Å². The van der Waals surface area contributed by atoms with E-state index in [9.17, 15) is 35.9 Å². The smallest absolute Gasteiger partial charge is 0.349 e. The number of hydrogen-bond donors (Lipinski definition) is 2. The molecule has 2 unspecified atom stereocenters. The molecule has 2 amide bonds. The Hall–Kier alpha value is -4.38. The van der Waals surface area contributed by atoms with Crippen LogP contribution in [0.5, 0.6) is 0 Å². The van der Waals surface area contributed by atoms with Crippen LogP contribution in [0.2, 0.25) is 0 Å². The third-order valence-corrected chi connectivity index (χ3v) is 10.9. The predicted molar refractivity (Wildman–Crippen MR) is 185 cm³/mol. The van der Waals surface area contributed by atoms with Crippen LogP contribution in [-0.2, 0) is 16.4 Å². The third-order valence-electron chi connectivity index (χ3n) is 10.9. The van der Waals surface area contributed by atoms with Crippen molar-refractivity contribution >= 4 is 17.4 Å². The van der Waals surface area contributed by atoms with Crippen molar-refractivity contribution in [3.05, 3.63) is 113 Å². The number of nitrogens with zero attached hydrogens (tertiary/aromatic N) is 1. The Morgan fingerprint density at radius 2 is 1.53 bits per heavy atom. The van der Waals surface area contributed by atoms with Gasteiger partial charge in [0.25, 0.3) is 5.91 Å². The van der Waals surface area contributed by atoms with Gasteiger partial charge in [-0.1, -0.05) is 86.2 Å². The van der Waals surface area contributed by atoms with Crippen molar-refractivity contribution in [2.45, 2.75) is 69.3 Å². The molecule has 2 aliphatic carbocycles. The summed E-state index contributed by atoms with van der Waals surface area (Å²) in [6, 6.07) is 19.1. The number of alkyl halides is 6. The molecule has 1 fully saturated rings. The standard InChI is InChI=1S/C40H41F6N3O2/c1-37-21-7-6-13-33(37)32-12-4-5-14-34(32)38(37,36(51)47-26-39(41,42)43)22-8-9-23-49-24-19-29(20-25-49)48-35(50)31-11-3-2-10-30(31)27-15-17-28(18-16-27)40(44,45)46/h2-7,10-18,29H,8-9,19-26H2,1H3,(H,47,51)(H,48,50). The Bertz CT molecular complexity index is 1810. The van der Waals surface area contributed by atoms with Crippen LogP contribution in [0.3, 0.4) is 0 Å². The van der Waals surface area contributed by atoms with Crippen molar-refractivity contribution in [2.24, 2.45) is 5.41 Å². The number of halogens is 6. The number of amides is 2. The number of allylic oxidation sites excluding steroid dienone is 4. The molecule has 1 aliphatic heterocycles. The van der Waals surface area contributed by atoms with Crippen LogP contribution in [0, 0.1) is 5.41 Å². The molecule has 1 saturated heterocycles. The van der Waals surface area contributed by atoms with Gasteiger partial charge in [0.2, 0.25) is 5.91 Å². The number of piperidine rings is 1. The fourth-order valence-electron chi connectivity index (χ4n) is 8.23. The largest absolute Gasteiger partial charge is 0.416 e. The zero-order valence-corrected chi connectivity index (χ0v) is 28.3. The molecule has 0 saturated carbocycles. The first-order valence-electron chi connectivity index (χ1n) is 17.3. The van der Waals surface area contributed by atoms with Crippen LogP contribution in [-0.4, -0.2) is 55.1 Å². The molecule has 0 aromatic heterocycles. The molecule has 2 N–H and O–H groups in total. The quantitative estimate of drug-likeness (QED) is 0.164. The Morgan fingerprint density at radius 1 is 0.863 bits per heavy atom. The maximum Gasteiger partial charge on any atom is 0.416 e. The third kappa shape index (κ3) is 7.36. The van der Waals surface area contributed by atoms with Gasteiger partial charge in [0, 0.05) is 30.1 Å². The summed E-state index contributed by atoms with van der Waals surface area (Å²) < 4.78 is 79.1. The Labute approximate surface area is 293 Å². The number of unbranched alkanes of at least 4 members (excludes halogenated alkanes) is 1. The van der Waals surface area contributed by atoms with E-state index >= 15 is 0 Å². The molecule has 5 nitrogen and oxygen atoms in total. The number of nitrogens with one attached hydrogen (secondary N) is 2. The number of likely N-dealkylation sites (tertiary alicyclic amines) is 1. The molecule has 3 aromatic carbocycles. The summed E-state index contributed by atoms with van der Waals surface area (Å²) in [7, 11) is 0. The number of carbonyl (C=O) groups excluding carboxylic acids is 2. The molecular formula is C40H41F6N3O2. The lowest BCUT2D eigenvalue weighted by molar-refractivity contribution is -0.144. The summed E-state index contributed by atoms with van der Waals surface area (Å²) in [6.07, 6.45) is 0.696. The number of fused-ring (bicyclic) bond motifs is 3. The van der Waals surface area contributed by atoms with Gasteiger partial charge >= 0.3 is 12.4 Å². The fourth-order valence-corrected chi connectivity index (χ4v) is 8.23. The molecular weight excluding hydrogens is 668 g/mol. The van der Waals surface area contributed by atoms with Gasteiger partial charge in [-0.15, -0.1) is 0 Å². The normalized spacial score (nSPS) is 22.2. The highest BCUT2D eigenvalue weighted by Gasteiger charge is 2.61. The van der Waals surface area contributed by atoms with Gasteiger partial charge in [0.05, 0.1) is 11.0 Å². The fraction of sp³-hybridized carbons (Fsp3) is 0.400. The van der Waals surface area contributed by atoms with Crippen molar-refractivity contribution in [1.29, 1.82) is 0 Å². The van der Waals surface area contributed by atoms with Crippen molar-refractivity contribution in [3.8, 4) is 11.1 Å². The number of benzene rings is 3. The summed E-state index contributed by atoms with van der Waals surface area (Å²) in [6.45, 7) is 2.84. The molecule has 6 rings (SSSR count). The minimum atomic E-state index is -4.53. The molecule has 1 heterocycles. The van der Waals surface area contributed by atoms with Crippen molar-refractivity contribution in [3.63, 3.8) is 0 Å². The van der Waals surface area contributed by atoms with Gasteiger partial charge in [0.1, 0.15) is 6.54 Å². The number of rotatable bonds is 10. The molecule has 11 heteroatoms. The Morgan fingerprint density at radius 3 is 2.22 bits per heavy atom. The maximum absolute atomic E-state index is 14.0. The van der Waals surface area contributed by atoms with E-state index in [0.717, 1.165) is 54.9 Å². The van der Waals surface area contributed by atoms with Crippen LogP contribution < -0.4 is 10.6 Å². The van der Waals surface area contributed by atoms with E-state index in [1.165, 1.54) is 12.1 Å². The lowest BCUT2D eigenvalue weighted by atomic mass is 9.58. The SMILES string of the molecule is CC12CC=CC=C1c1ccccc1C2(CCCCN1CCC(NC(=O)c2ccccc2-c2ccc(C(F)(F)F)cc2)CC1)C(=O)NCC(F)(F)F. The van der Waals surface area contributed by atoms with E-state index in [1.807, 2.05) is 49.4 Å². The summed E-state index contributed by atoms with van der Waals surface area (Å²) in [5.41, 5.74) is 1.54. The Balaban J connectivity index is 1.06. The Kier molecular flexibility index (Phi) is 10.2. The highest BCUT2D eigenvalue weighted by atomic mass is 19.4. The molecule has 0 radical (unpaired) electrons. The second kappa shape index (κ2) is 14.3. The van der Waals surface area contributed by atoms with Crippen LogP contribution in [0.25, 0.3) is 16.7 Å². The summed E-state index contributed by atoms with van der Waals surface area (Å²) in [5.74, 6) is -0.876. The zero-order chi connectivity index (χ0) is 36.4. The van der Waals surface area contributed by atoms with Crippen LogP contribution in [0.1, 0.15) is 72.5 Å². The lowest BCUT2D eigenvalue weighted by Crippen LogP contribution is -2.54. The van der Waals surface area contributed by atoms with Crippen LogP contribution in [0.15, 0.2) is 91.0 Å². The zero-order valence-electron chi connectivity index (χ0n) is 28.3. The van der Waals surface area contributed by atoms with Gasteiger partial charge in [-0.05, 0) is 84.7 Å².